The Morgan fingerprint density at radius 1 is 0.645 bits per heavy atom. The maximum Gasteiger partial charge on any atom is 0.302 e. The second kappa shape index (κ2) is 47.5. The highest BCUT2D eigenvalue weighted by atomic mass is 16.5. The summed E-state index contributed by atoms with van der Waals surface area (Å²) in [5.74, 6) is -0.179. The molecule has 3 aliphatic rings. The number of β-amino-alcohol motifs (C(OH)–C–C–N with tert-alkyl or cyclic N) is 1. The van der Waals surface area contributed by atoms with E-state index in [1.165, 1.54) is 130 Å². The van der Waals surface area contributed by atoms with Gasteiger partial charge in [0, 0.05) is 118 Å². The SMILES string of the molecule is C/C=[N+](/[O-])CCCC.CCC(C)N(C)C.CCCCN(C)C.CCCCN1CCN(C)CC1.CCCCN1CCN(CCO)CC1.CCCCN1CCN(CCOC(C)=O)CC1. The van der Waals surface area contributed by atoms with Crippen LogP contribution in [0.1, 0.15) is 133 Å². The number of piperazine rings is 3. The molecule has 3 fully saturated rings. The zero-order chi connectivity index (χ0) is 47.4. The van der Waals surface area contributed by atoms with Crippen LogP contribution in [0.25, 0.3) is 0 Å². The molecule has 0 aromatic rings. The van der Waals surface area contributed by atoms with Gasteiger partial charge in [0.15, 0.2) is 6.54 Å². The quantitative estimate of drug-likeness (QED) is 0.0424. The lowest BCUT2D eigenvalue weighted by Crippen LogP contribution is -2.47. The third kappa shape index (κ3) is 45.2. The normalized spacial score (nSPS) is 17.5. The minimum atomic E-state index is -0.179. The Balaban J connectivity index is -0.000000694. The molecule has 0 saturated carbocycles. The second-order valence-electron chi connectivity index (χ2n) is 17.8. The molecule has 0 bridgehead atoms. The van der Waals surface area contributed by atoms with E-state index in [0.29, 0.717) is 19.8 Å². The van der Waals surface area contributed by atoms with E-state index >= 15 is 0 Å². The van der Waals surface area contributed by atoms with Crippen molar-refractivity contribution < 1.29 is 19.4 Å². The van der Waals surface area contributed by atoms with E-state index in [-0.39, 0.29) is 5.97 Å². The number of rotatable bonds is 22. The van der Waals surface area contributed by atoms with E-state index in [1.54, 1.807) is 13.1 Å². The molecule has 0 spiro atoms. The molecular formula is C49H109N9O4. The number of carbonyl (C=O) groups excluding carboxylic acids is 1. The van der Waals surface area contributed by atoms with Gasteiger partial charge in [-0.2, -0.15) is 0 Å². The van der Waals surface area contributed by atoms with Crippen LogP contribution in [0.3, 0.4) is 0 Å². The summed E-state index contributed by atoms with van der Waals surface area (Å²) in [6.07, 6.45) is 15.4. The van der Waals surface area contributed by atoms with Gasteiger partial charge in [-0.05, 0) is 100 Å². The molecular weight excluding hydrogens is 779 g/mol. The third-order valence-corrected chi connectivity index (χ3v) is 11.6. The van der Waals surface area contributed by atoms with Gasteiger partial charge >= 0.3 is 5.97 Å². The molecule has 3 heterocycles. The maximum absolute atomic E-state index is 10.6. The van der Waals surface area contributed by atoms with Gasteiger partial charge in [-0.3, -0.25) is 14.6 Å². The van der Waals surface area contributed by atoms with Crippen molar-refractivity contribution in [3.05, 3.63) is 5.21 Å². The van der Waals surface area contributed by atoms with Crippen LogP contribution < -0.4 is 0 Å². The van der Waals surface area contributed by atoms with Crippen LogP contribution in [0.5, 0.6) is 0 Å². The summed E-state index contributed by atoms with van der Waals surface area (Å²) in [7, 11) is 10.6. The smallest absolute Gasteiger partial charge is 0.302 e. The van der Waals surface area contributed by atoms with Crippen molar-refractivity contribution in [2.75, 3.05) is 173 Å². The Bertz CT molecular complexity index is 936. The number of esters is 1. The van der Waals surface area contributed by atoms with Gasteiger partial charge in [0.25, 0.3) is 0 Å². The maximum atomic E-state index is 10.6. The molecule has 13 nitrogen and oxygen atoms in total. The van der Waals surface area contributed by atoms with Gasteiger partial charge in [-0.15, -0.1) is 0 Å². The van der Waals surface area contributed by atoms with Crippen molar-refractivity contribution in [2.45, 2.75) is 139 Å². The van der Waals surface area contributed by atoms with Crippen LogP contribution in [-0.2, 0) is 9.53 Å². The Kier molecular flexibility index (Phi) is 49.7. The van der Waals surface area contributed by atoms with Crippen molar-refractivity contribution >= 4 is 12.2 Å². The number of aliphatic hydroxyl groups is 1. The first-order chi connectivity index (χ1) is 29.7. The molecule has 0 aromatic heterocycles. The number of carbonyl (C=O) groups is 1. The average Bonchev–Trinajstić information content (AvgIpc) is 3.27. The lowest BCUT2D eigenvalue weighted by Gasteiger charge is -2.34. The van der Waals surface area contributed by atoms with Crippen LogP contribution in [-0.4, -0.2) is 240 Å². The number of aliphatic hydroxyl groups excluding tert-OH is 1. The zero-order valence-electron chi connectivity index (χ0n) is 44.0. The molecule has 3 saturated heterocycles. The molecule has 3 aliphatic heterocycles. The molecule has 3 rings (SSSR count). The summed E-state index contributed by atoms with van der Waals surface area (Å²) >= 11 is 0. The fraction of sp³-hybridized carbons (Fsp3) is 0.959. The molecule has 1 atom stereocenters. The molecule has 0 aliphatic carbocycles. The lowest BCUT2D eigenvalue weighted by atomic mass is 10.2. The zero-order valence-corrected chi connectivity index (χ0v) is 44.0. The Hall–Kier alpha value is -1.42. The molecule has 374 valence electrons. The highest BCUT2D eigenvalue weighted by molar-refractivity contribution is 5.65. The molecule has 1 unspecified atom stereocenters. The minimum Gasteiger partial charge on any atom is -0.624 e. The van der Waals surface area contributed by atoms with Crippen LogP contribution >= 0.6 is 0 Å². The summed E-state index contributed by atoms with van der Waals surface area (Å²) in [4.78, 5) is 29.8. The fourth-order valence-electron chi connectivity index (χ4n) is 6.43. The van der Waals surface area contributed by atoms with Crippen molar-refractivity contribution in [3.8, 4) is 0 Å². The van der Waals surface area contributed by atoms with Crippen LogP contribution in [0.4, 0.5) is 0 Å². The number of hydroxylamine groups is 1. The summed E-state index contributed by atoms with van der Waals surface area (Å²) in [5.41, 5.74) is 0. The summed E-state index contributed by atoms with van der Waals surface area (Å²) in [5, 5.41) is 19.2. The largest absolute Gasteiger partial charge is 0.624 e. The van der Waals surface area contributed by atoms with Crippen LogP contribution in [0, 0.1) is 5.21 Å². The van der Waals surface area contributed by atoms with E-state index in [0.717, 1.165) is 76.0 Å². The van der Waals surface area contributed by atoms with Gasteiger partial charge in [-0.25, -0.2) is 4.74 Å². The van der Waals surface area contributed by atoms with E-state index in [1.807, 2.05) is 0 Å². The van der Waals surface area contributed by atoms with Crippen molar-refractivity contribution in [3.63, 3.8) is 0 Å². The molecule has 62 heavy (non-hydrogen) atoms. The van der Waals surface area contributed by atoms with Crippen LogP contribution in [0.2, 0.25) is 0 Å². The Morgan fingerprint density at radius 2 is 1.02 bits per heavy atom. The average molecular weight is 888 g/mol. The second-order valence-corrected chi connectivity index (χ2v) is 17.8. The van der Waals surface area contributed by atoms with Gasteiger partial charge in [-0.1, -0.05) is 73.6 Å². The third-order valence-electron chi connectivity index (χ3n) is 11.6. The highest BCUT2D eigenvalue weighted by Crippen LogP contribution is 2.05. The molecule has 1 N–H and O–H groups in total. The van der Waals surface area contributed by atoms with E-state index in [9.17, 15) is 10.0 Å². The fourth-order valence-corrected chi connectivity index (χ4v) is 6.43. The Labute approximate surface area is 386 Å². The number of unbranched alkanes of at least 4 members (excludes halogenated alkanes) is 5. The predicted octanol–water partition coefficient (Wildman–Crippen LogP) is 6.48. The first kappa shape index (κ1) is 64.9. The molecule has 0 aromatic carbocycles. The summed E-state index contributed by atoms with van der Waals surface area (Å²) in [6.45, 7) is 41.1. The van der Waals surface area contributed by atoms with Crippen molar-refractivity contribution in [1.82, 2.24) is 39.2 Å². The first-order valence-corrected chi connectivity index (χ1v) is 25.3. The summed E-state index contributed by atoms with van der Waals surface area (Å²) in [6, 6.07) is 0.736. The van der Waals surface area contributed by atoms with Gasteiger partial charge in [0.2, 0.25) is 0 Å². The summed E-state index contributed by atoms with van der Waals surface area (Å²) < 4.78 is 5.90. The Morgan fingerprint density at radius 3 is 1.29 bits per heavy atom. The molecule has 0 radical (unpaired) electrons. The van der Waals surface area contributed by atoms with E-state index < -0.39 is 0 Å². The van der Waals surface area contributed by atoms with E-state index in [4.69, 9.17) is 9.84 Å². The molecule has 0 amide bonds. The standard InChI is InChI=1S/C12H24N2O2.C10H22N2O.C9H20N2.C6H13NO.2C6H15N/c1-3-4-5-13-6-8-14(9-7-13)10-11-16-12(2)15;1-2-3-4-11-5-7-12(8-6-11)9-10-13;1-3-4-5-11-8-6-10(2)7-9-11;1-3-5-6-7(8)4-2;1-5-6(2)7(3)4;1-4-5-6-7(2)3/h3-11H2,1-2H3;13H,2-10H2,1H3;3-9H2,1-2H3;4H,3,5-6H2,1-2H3;6H,5H2,1-4H3;4-6H2,1-3H3/b;;;7-4+;;. The topological polar surface area (TPSA) is 98.5 Å². The first-order valence-electron chi connectivity index (χ1n) is 25.3. The number of hydrogen-bond donors (Lipinski definition) is 1. The number of nitrogens with zero attached hydrogens (tertiary/aromatic N) is 9. The van der Waals surface area contributed by atoms with E-state index in [2.05, 4.69) is 123 Å². The van der Waals surface area contributed by atoms with Gasteiger partial charge in [0.05, 0.1) is 6.61 Å². The number of hydrogen-bond acceptors (Lipinski definition) is 12. The lowest BCUT2D eigenvalue weighted by molar-refractivity contribution is -0.453. The van der Waals surface area contributed by atoms with Crippen molar-refractivity contribution in [1.29, 1.82) is 0 Å². The number of likely N-dealkylation sites (N-methyl/N-ethyl adjacent to an activating group) is 1. The van der Waals surface area contributed by atoms with Gasteiger partial charge in [0.1, 0.15) is 12.8 Å². The predicted molar refractivity (Wildman–Crippen MR) is 270 cm³/mol. The highest BCUT2D eigenvalue weighted by Gasteiger charge is 2.17. The van der Waals surface area contributed by atoms with Crippen LogP contribution in [0.15, 0.2) is 0 Å². The number of ether oxygens (including phenoxy) is 1. The molecule has 13 heteroatoms. The van der Waals surface area contributed by atoms with Crippen molar-refractivity contribution in [2.24, 2.45) is 0 Å². The monoisotopic (exact) mass is 888 g/mol. The minimum absolute atomic E-state index is 0.179. The van der Waals surface area contributed by atoms with Gasteiger partial charge < -0.3 is 44.5 Å².